The van der Waals surface area contributed by atoms with E-state index in [-0.39, 0.29) is 0 Å². The number of anilines is 1. The van der Waals surface area contributed by atoms with Crippen molar-refractivity contribution in [2.75, 3.05) is 18.0 Å². The van der Waals surface area contributed by atoms with Crippen molar-refractivity contribution in [2.45, 2.75) is 64.7 Å². The Morgan fingerprint density at radius 3 is 1.96 bits per heavy atom. The SMILES string of the molecule is CC1CCC(CCc2ccc(-c3ccc(N4CCCCC4)cc3)cc2)CC1. The Bertz CT molecular complexity index is 686. The van der Waals surface area contributed by atoms with Crippen molar-refractivity contribution in [2.24, 2.45) is 11.8 Å². The van der Waals surface area contributed by atoms with Gasteiger partial charge >= 0.3 is 0 Å². The predicted octanol–water partition coefficient (Wildman–Crippen LogP) is 7.10. The molecule has 4 rings (SSSR count). The normalized spacial score (nSPS) is 23.4. The van der Waals surface area contributed by atoms with Crippen LogP contribution in [-0.2, 0) is 6.42 Å². The summed E-state index contributed by atoms with van der Waals surface area (Å²) in [6, 6.07) is 18.5. The van der Waals surface area contributed by atoms with Gasteiger partial charge in [0.05, 0.1) is 0 Å². The average molecular weight is 362 g/mol. The molecular formula is C26H35N. The van der Waals surface area contributed by atoms with Crippen LogP contribution in [0.1, 0.15) is 63.9 Å². The molecule has 0 atom stereocenters. The maximum Gasteiger partial charge on any atom is 0.0366 e. The van der Waals surface area contributed by atoms with Crippen LogP contribution in [0.5, 0.6) is 0 Å². The highest BCUT2D eigenvalue weighted by molar-refractivity contribution is 5.66. The van der Waals surface area contributed by atoms with E-state index < -0.39 is 0 Å². The molecule has 27 heavy (non-hydrogen) atoms. The summed E-state index contributed by atoms with van der Waals surface area (Å²) in [5.74, 6) is 1.92. The van der Waals surface area contributed by atoms with Crippen molar-refractivity contribution in [1.29, 1.82) is 0 Å². The topological polar surface area (TPSA) is 3.24 Å². The van der Waals surface area contributed by atoms with Gasteiger partial charge in [-0.2, -0.15) is 0 Å². The van der Waals surface area contributed by atoms with Crippen LogP contribution in [0.3, 0.4) is 0 Å². The Hall–Kier alpha value is -1.76. The molecule has 0 amide bonds. The summed E-state index contributed by atoms with van der Waals surface area (Å²) in [5, 5.41) is 0. The lowest BCUT2D eigenvalue weighted by atomic mass is 9.80. The third kappa shape index (κ3) is 4.94. The van der Waals surface area contributed by atoms with Gasteiger partial charge in [-0.3, -0.25) is 0 Å². The highest BCUT2D eigenvalue weighted by Gasteiger charge is 2.17. The van der Waals surface area contributed by atoms with E-state index in [0.717, 1.165) is 11.8 Å². The molecule has 0 unspecified atom stereocenters. The molecule has 1 nitrogen and oxygen atoms in total. The summed E-state index contributed by atoms with van der Waals surface area (Å²) in [4.78, 5) is 2.53. The van der Waals surface area contributed by atoms with Crippen LogP contribution in [0.2, 0.25) is 0 Å². The third-order valence-corrected chi connectivity index (χ3v) is 6.85. The summed E-state index contributed by atoms with van der Waals surface area (Å²) in [7, 11) is 0. The number of rotatable bonds is 5. The maximum atomic E-state index is 2.53. The van der Waals surface area contributed by atoms with E-state index >= 15 is 0 Å². The zero-order valence-electron chi connectivity index (χ0n) is 17.0. The van der Waals surface area contributed by atoms with E-state index in [1.807, 2.05) is 0 Å². The fraction of sp³-hybridized carbons (Fsp3) is 0.538. The van der Waals surface area contributed by atoms with Gasteiger partial charge < -0.3 is 4.90 Å². The maximum absolute atomic E-state index is 2.53. The molecule has 0 radical (unpaired) electrons. The minimum atomic E-state index is 0.960. The first-order chi connectivity index (χ1) is 13.3. The lowest BCUT2D eigenvalue weighted by Crippen LogP contribution is -2.29. The van der Waals surface area contributed by atoms with E-state index in [4.69, 9.17) is 0 Å². The first-order valence-electron chi connectivity index (χ1n) is 11.2. The molecule has 1 aliphatic heterocycles. The number of hydrogen-bond donors (Lipinski definition) is 0. The van der Waals surface area contributed by atoms with Gasteiger partial charge in [-0.15, -0.1) is 0 Å². The largest absolute Gasteiger partial charge is 0.372 e. The summed E-state index contributed by atoms with van der Waals surface area (Å²) >= 11 is 0. The quantitative estimate of drug-likeness (QED) is 0.549. The number of piperidine rings is 1. The lowest BCUT2D eigenvalue weighted by molar-refractivity contribution is 0.278. The second-order valence-corrected chi connectivity index (χ2v) is 8.96. The molecule has 1 saturated carbocycles. The molecule has 2 fully saturated rings. The molecule has 0 spiro atoms. The van der Waals surface area contributed by atoms with E-state index in [1.165, 1.54) is 93.3 Å². The summed E-state index contributed by atoms with van der Waals surface area (Å²) in [5.41, 5.74) is 5.57. The fourth-order valence-corrected chi connectivity index (χ4v) is 4.87. The zero-order chi connectivity index (χ0) is 18.5. The Morgan fingerprint density at radius 1 is 0.741 bits per heavy atom. The standard InChI is InChI=1S/C26H35N/c1-21-5-7-22(8-6-21)9-10-23-11-13-24(14-12-23)25-15-17-26(18-16-25)27-19-3-2-4-20-27/h11-18,21-22H,2-10,19-20H2,1H3. The van der Waals surface area contributed by atoms with Gasteiger partial charge in [0.2, 0.25) is 0 Å². The molecule has 1 saturated heterocycles. The number of nitrogens with zero attached hydrogens (tertiary/aromatic N) is 1. The van der Waals surface area contributed by atoms with Crippen LogP contribution in [0.4, 0.5) is 5.69 Å². The number of benzene rings is 2. The second-order valence-electron chi connectivity index (χ2n) is 8.96. The first-order valence-corrected chi connectivity index (χ1v) is 11.2. The van der Waals surface area contributed by atoms with Gasteiger partial charge in [0, 0.05) is 18.8 Å². The first kappa shape index (κ1) is 18.6. The minimum Gasteiger partial charge on any atom is -0.372 e. The van der Waals surface area contributed by atoms with Crippen molar-refractivity contribution >= 4 is 5.69 Å². The monoisotopic (exact) mass is 361 g/mol. The van der Waals surface area contributed by atoms with E-state index in [9.17, 15) is 0 Å². The van der Waals surface area contributed by atoms with Crippen LogP contribution in [0.25, 0.3) is 11.1 Å². The van der Waals surface area contributed by atoms with E-state index in [0.29, 0.717) is 0 Å². The van der Waals surface area contributed by atoms with Gasteiger partial charge in [-0.05, 0) is 72.8 Å². The third-order valence-electron chi connectivity index (χ3n) is 6.85. The number of aryl methyl sites for hydroxylation is 1. The second kappa shape index (κ2) is 8.95. The van der Waals surface area contributed by atoms with Gasteiger partial charge in [0.25, 0.3) is 0 Å². The van der Waals surface area contributed by atoms with Crippen molar-refractivity contribution < 1.29 is 0 Å². The van der Waals surface area contributed by atoms with Crippen LogP contribution in [0, 0.1) is 11.8 Å². The van der Waals surface area contributed by atoms with Gasteiger partial charge in [0.15, 0.2) is 0 Å². The van der Waals surface area contributed by atoms with Crippen molar-refractivity contribution in [1.82, 2.24) is 0 Å². The molecular weight excluding hydrogens is 326 g/mol. The van der Waals surface area contributed by atoms with E-state index in [2.05, 4.69) is 60.4 Å². The van der Waals surface area contributed by atoms with Crippen LogP contribution < -0.4 is 4.90 Å². The summed E-state index contributed by atoms with van der Waals surface area (Å²) in [6.07, 6.45) is 12.5. The lowest BCUT2D eigenvalue weighted by Gasteiger charge is -2.28. The Balaban J connectivity index is 1.33. The Labute approximate surface area is 165 Å². The highest BCUT2D eigenvalue weighted by atomic mass is 15.1. The van der Waals surface area contributed by atoms with Crippen LogP contribution in [0.15, 0.2) is 48.5 Å². The summed E-state index contributed by atoms with van der Waals surface area (Å²) < 4.78 is 0. The van der Waals surface area contributed by atoms with Gasteiger partial charge in [0.1, 0.15) is 0 Å². The average Bonchev–Trinajstić information content (AvgIpc) is 2.75. The Kier molecular flexibility index (Phi) is 6.17. The predicted molar refractivity (Wildman–Crippen MR) is 117 cm³/mol. The molecule has 0 N–H and O–H groups in total. The zero-order valence-corrected chi connectivity index (χ0v) is 17.0. The molecule has 2 aliphatic rings. The Morgan fingerprint density at radius 2 is 1.33 bits per heavy atom. The van der Waals surface area contributed by atoms with Crippen LogP contribution >= 0.6 is 0 Å². The molecule has 144 valence electrons. The minimum absolute atomic E-state index is 0.960. The molecule has 1 heteroatoms. The fourth-order valence-electron chi connectivity index (χ4n) is 4.87. The molecule has 2 aromatic carbocycles. The van der Waals surface area contributed by atoms with Crippen molar-refractivity contribution in [3.05, 3.63) is 54.1 Å². The van der Waals surface area contributed by atoms with E-state index in [1.54, 1.807) is 0 Å². The molecule has 2 aromatic rings. The van der Waals surface area contributed by atoms with Crippen molar-refractivity contribution in [3.63, 3.8) is 0 Å². The van der Waals surface area contributed by atoms with Gasteiger partial charge in [-0.25, -0.2) is 0 Å². The molecule has 1 aliphatic carbocycles. The smallest absolute Gasteiger partial charge is 0.0366 e. The molecule has 0 aromatic heterocycles. The number of hydrogen-bond acceptors (Lipinski definition) is 1. The molecule has 0 bridgehead atoms. The molecule has 1 heterocycles. The summed E-state index contributed by atoms with van der Waals surface area (Å²) in [6.45, 7) is 4.84. The van der Waals surface area contributed by atoms with Gasteiger partial charge in [-0.1, -0.05) is 69.0 Å². The van der Waals surface area contributed by atoms with Crippen LogP contribution in [-0.4, -0.2) is 13.1 Å². The van der Waals surface area contributed by atoms with Crippen molar-refractivity contribution in [3.8, 4) is 11.1 Å². The highest BCUT2D eigenvalue weighted by Crippen LogP contribution is 2.31.